The molecule has 1 amide bonds. The largest absolute Gasteiger partial charge is 0.379 e. The van der Waals surface area contributed by atoms with Gasteiger partial charge in [-0.3, -0.25) is 4.79 Å². The molecule has 0 aliphatic rings. The number of nitrogens with two attached hydrogens (primary N) is 1. The summed E-state index contributed by atoms with van der Waals surface area (Å²) in [6.45, 7) is 9.90. The van der Waals surface area contributed by atoms with Gasteiger partial charge in [0.1, 0.15) is 6.10 Å². The van der Waals surface area contributed by atoms with Crippen LogP contribution in [-0.4, -0.2) is 38.4 Å². The van der Waals surface area contributed by atoms with E-state index < -0.39 is 6.10 Å². The van der Waals surface area contributed by atoms with E-state index >= 15 is 0 Å². The van der Waals surface area contributed by atoms with Crippen molar-refractivity contribution in [1.29, 1.82) is 0 Å². The number of halogens is 1. The minimum Gasteiger partial charge on any atom is -0.379 e. The van der Waals surface area contributed by atoms with Crippen LogP contribution in [0.4, 0.5) is 0 Å². The zero-order valence-electron chi connectivity index (χ0n) is 15.1. The van der Waals surface area contributed by atoms with Crippen LogP contribution in [0.5, 0.6) is 0 Å². The fourth-order valence-electron chi connectivity index (χ4n) is 2.10. The maximum Gasteiger partial charge on any atom is 0.248 e. The third-order valence-corrected chi connectivity index (χ3v) is 3.70. The van der Waals surface area contributed by atoms with Crippen molar-refractivity contribution in [1.82, 2.24) is 5.32 Å². The minimum absolute atomic E-state index is 0. The Balaban J connectivity index is 0.00000529. The first-order valence-corrected chi connectivity index (χ1v) is 8.28. The van der Waals surface area contributed by atoms with E-state index in [1.807, 2.05) is 19.1 Å². The van der Waals surface area contributed by atoms with E-state index in [4.69, 9.17) is 15.2 Å². The SMILES string of the molecule is CCOCCOC(C)C(=O)NCC(N)c1ccc(C(C)C)cc1.Cl. The zero-order chi connectivity index (χ0) is 17.2. The highest BCUT2D eigenvalue weighted by atomic mass is 35.5. The van der Waals surface area contributed by atoms with Crippen molar-refractivity contribution in [3.63, 3.8) is 0 Å². The first kappa shape index (κ1) is 22.9. The van der Waals surface area contributed by atoms with Crippen LogP contribution < -0.4 is 11.1 Å². The summed E-state index contributed by atoms with van der Waals surface area (Å²) in [5, 5.41) is 2.83. The van der Waals surface area contributed by atoms with E-state index in [1.54, 1.807) is 6.92 Å². The molecule has 5 nitrogen and oxygen atoms in total. The molecule has 1 aromatic rings. The Morgan fingerprint density at radius 1 is 1.12 bits per heavy atom. The van der Waals surface area contributed by atoms with Gasteiger partial charge in [-0.1, -0.05) is 38.1 Å². The standard InChI is InChI=1S/C18H30N2O3.ClH/c1-5-22-10-11-23-14(4)18(21)20-12-17(19)16-8-6-15(7-9-16)13(2)3;/h6-9,13-14,17H,5,10-12,19H2,1-4H3,(H,20,21);1H. The molecule has 1 rings (SSSR count). The minimum atomic E-state index is -0.508. The van der Waals surface area contributed by atoms with Crippen LogP contribution in [0.3, 0.4) is 0 Å². The van der Waals surface area contributed by atoms with Crippen molar-refractivity contribution >= 4 is 18.3 Å². The average Bonchev–Trinajstić information content (AvgIpc) is 2.56. The van der Waals surface area contributed by atoms with Gasteiger partial charge < -0.3 is 20.5 Å². The molecule has 2 atom stereocenters. The van der Waals surface area contributed by atoms with Crippen molar-refractivity contribution in [3.05, 3.63) is 35.4 Å². The molecule has 0 aromatic heterocycles. The van der Waals surface area contributed by atoms with Crippen molar-refractivity contribution in [3.8, 4) is 0 Å². The lowest BCUT2D eigenvalue weighted by molar-refractivity contribution is -0.132. The number of carbonyl (C=O) groups is 1. The van der Waals surface area contributed by atoms with Gasteiger partial charge in [0.2, 0.25) is 5.91 Å². The third-order valence-electron chi connectivity index (χ3n) is 3.70. The number of rotatable bonds is 10. The molecular weight excluding hydrogens is 328 g/mol. The van der Waals surface area contributed by atoms with Crippen LogP contribution in [0, 0.1) is 0 Å². The quantitative estimate of drug-likeness (QED) is 0.631. The highest BCUT2D eigenvalue weighted by Gasteiger charge is 2.15. The predicted octanol–water partition coefficient (Wildman–Crippen LogP) is 2.79. The van der Waals surface area contributed by atoms with Gasteiger partial charge in [0.25, 0.3) is 0 Å². The molecule has 24 heavy (non-hydrogen) atoms. The van der Waals surface area contributed by atoms with Crippen LogP contribution in [-0.2, 0) is 14.3 Å². The van der Waals surface area contributed by atoms with E-state index in [1.165, 1.54) is 5.56 Å². The number of hydrogen-bond acceptors (Lipinski definition) is 4. The second-order valence-corrected chi connectivity index (χ2v) is 5.88. The second kappa shape index (κ2) is 12.3. The Hall–Kier alpha value is -1.14. The summed E-state index contributed by atoms with van der Waals surface area (Å²) in [6.07, 6.45) is -0.508. The summed E-state index contributed by atoms with van der Waals surface area (Å²) in [6, 6.07) is 7.99. The number of carbonyl (C=O) groups excluding carboxylic acids is 1. The molecule has 0 aliphatic carbocycles. The summed E-state index contributed by atoms with van der Waals surface area (Å²) in [7, 11) is 0. The summed E-state index contributed by atoms with van der Waals surface area (Å²) in [5.74, 6) is 0.338. The Morgan fingerprint density at radius 2 is 1.71 bits per heavy atom. The fraction of sp³-hybridized carbons (Fsp3) is 0.611. The number of hydrogen-bond donors (Lipinski definition) is 2. The lowest BCUT2D eigenvalue weighted by Crippen LogP contribution is -2.39. The van der Waals surface area contributed by atoms with Crippen LogP contribution in [0.15, 0.2) is 24.3 Å². The molecule has 0 heterocycles. The third kappa shape index (κ3) is 8.11. The molecule has 0 spiro atoms. The van der Waals surface area contributed by atoms with Crippen molar-refractivity contribution in [2.75, 3.05) is 26.4 Å². The fourth-order valence-corrected chi connectivity index (χ4v) is 2.10. The number of ether oxygens (including phenoxy) is 2. The number of benzene rings is 1. The monoisotopic (exact) mass is 358 g/mol. The lowest BCUT2D eigenvalue weighted by Gasteiger charge is -2.17. The van der Waals surface area contributed by atoms with Gasteiger partial charge in [0, 0.05) is 19.2 Å². The summed E-state index contributed by atoms with van der Waals surface area (Å²) < 4.78 is 10.6. The van der Waals surface area contributed by atoms with Gasteiger partial charge >= 0.3 is 0 Å². The Kier molecular flexibility index (Phi) is 11.7. The van der Waals surface area contributed by atoms with E-state index in [0.29, 0.717) is 32.3 Å². The van der Waals surface area contributed by atoms with Gasteiger partial charge in [-0.25, -0.2) is 0 Å². The van der Waals surface area contributed by atoms with Crippen LogP contribution in [0.25, 0.3) is 0 Å². The summed E-state index contributed by atoms with van der Waals surface area (Å²) in [4.78, 5) is 12.0. The first-order valence-electron chi connectivity index (χ1n) is 8.28. The molecule has 2 unspecified atom stereocenters. The van der Waals surface area contributed by atoms with E-state index in [-0.39, 0.29) is 24.4 Å². The van der Waals surface area contributed by atoms with Gasteiger partial charge in [0.05, 0.1) is 13.2 Å². The highest BCUT2D eigenvalue weighted by Crippen LogP contribution is 2.17. The molecule has 0 aliphatic heterocycles. The molecule has 0 fully saturated rings. The van der Waals surface area contributed by atoms with E-state index in [0.717, 1.165) is 5.56 Å². The average molecular weight is 359 g/mol. The summed E-state index contributed by atoms with van der Waals surface area (Å²) >= 11 is 0. The molecular formula is C18H31ClN2O3. The molecule has 6 heteroatoms. The smallest absolute Gasteiger partial charge is 0.248 e. The molecule has 3 N–H and O–H groups in total. The van der Waals surface area contributed by atoms with E-state index in [2.05, 4.69) is 31.3 Å². The normalized spacial score (nSPS) is 13.2. The Morgan fingerprint density at radius 3 is 2.25 bits per heavy atom. The maximum absolute atomic E-state index is 12.0. The number of amides is 1. The van der Waals surface area contributed by atoms with Crippen LogP contribution in [0.2, 0.25) is 0 Å². The van der Waals surface area contributed by atoms with Gasteiger partial charge in [-0.2, -0.15) is 0 Å². The lowest BCUT2D eigenvalue weighted by atomic mass is 9.99. The van der Waals surface area contributed by atoms with Crippen molar-refractivity contribution in [2.45, 2.75) is 45.8 Å². The molecule has 1 aromatic carbocycles. The summed E-state index contributed by atoms with van der Waals surface area (Å²) in [5.41, 5.74) is 8.43. The second-order valence-electron chi connectivity index (χ2n) is 5.88. The zero-order valence-corrected chi connectivity index (χ0v) is 15.9. The van der Waals surface area contributed by atoms with Gasteiger partial charge in [-0.15, -0.1) is 12.4 Å². The molecule has 138 valence electrons. The van der Waals surface area contributed by atoms with Crippen molar-refractivity contribution < 1.29 is 14.3 Å². The molecule has 0 saturated carbocycles. The Bertz CT molecular complexity index is 466. The molecule has 0 radical (unpaired) electrons. The van der Waals surface area contributed by atoms with Gasteiger partial charge in [0.15, 0.2) is 0 Å². The van der Waals surface area contributed by atoms with Gasteiger partial charge in [-0.05, 0) is 30.9 Å². The van der Waals surface area contributed by atoms with Crippen LogP contribution >= 0.6 is 12.4 Å². The Labute approximate surface area is 151 Å². The topological polar surface area (TPSA) is 73.6 Å². The number of nitrogens with one attached hydrogen (secondary N) is 1. The van der Waals surface area contributed by atoms with Crippen LogP contribution in [0.1, 0.15) is 50.8 Å². The van der Waals surface area contributed by atoms with E-state index in [9.17, 15) is 4.79 Å². The molecule has 0 saturated heterocycles. The molecule has 0 bridgehead atoms. The highest BCUT2D eigenvalue weighted by molar-refractivity contribution is 5.85. The maximum atomic E-state index is 12.0. The van der Waals surface area contributed by atoms with Crippen molar-refractivity contribution in [2.24, 2.45) is 5.73 Å². The first-order chi connectivity index (χ1) is 11.0. The predicted molar refractivity (Wildman–Crippen MR) is 99.6 cm³/mol.